The first-order chi connectivity index (χ1) is 6.49. The van der Waals surface area contributed by atoms with Crippen molar-refractivity contribution in [2.24, 2.45) is 0 Å². The first-order valence-electron chi connectivity index (χ1n) is 4.15. The summed E-state index contributed by atoms with van der Waals surface area (Å²) in [7, 11) is 0. The van der Waals surface area contributed by atoms with Crippen molar-refractivity contribution in [1.29, 1.82) is 0 Å². The Bertz CT molecular complexity index is 187. The van der Waals surface area contributed by atoms with Crippen molar-refractivity contribution in [2.45, 2.75) is 36.8 Å². The molecule has 0 saturated carbocycles. The first kappa shape index (κ1) is 11.8. The van der Waals surface area contributed by atoms with Crippen molar-refractivity contribution in [3.8, 4) is 0 Å². The highest BCUT2D eigenvalue weighted by Crippen LogP contribution is 2.21. The van der Waals surface area contributed by atoms with Gasteiger partial charge in [0.1, 0.15) is 30.5 Å². The third-order valence-corrected chi connectivity index (χ3v) is 2.19. The van der Waals surface area contributed by atoms with E-state index in [1.54, 1.807) is 0 Å². The zero-order valence-electron chi connectivity index (χ0n) is 7.26. The average Bonchev–Trinajstić information content (AvgIpc) is 2.19. The molecule has 0 aromatic heterocycles. The molecule has 0 radical (unpaired) electrons. The molecule has 84 valence electrons. The fraction of sp³-hybridized carbons (Fsp3) is 1.00. The fourth-order valence-corrected chi connectivity index (χ4v) is 1.31. The Morgan fingerprint density at radius 1 is 1.00 bits per heavy atom. The predicted octanol–water partition coefficient (Wildman–Crippen LogP) is -3.86. The van der Waals surface area contributed by atoms with Crippen LogP contribution in [0.1, 0.15) is 0 Å². The van der Waals surface area contributed by atoms with Crippen molar-refractivity contribution < 1.29 is 35.4 Å². The van der Waals surface area contributed by atoms with E-state index in [0.29, 0.717) is 0 Å². The van der Waals surface area contributed by atoms with Gasteiger partial charge in [0.25, 0.3) is 0 Å². The van der Waals surface area contributed by atoms with E-state index in [2.05, 4.69) is 4.74 Å². The van der Waals surface area contributed by atoms with Gasteiger partial charge in [-0.25, -0.2) is 0 Å². The van der Waals surface area contributed by atoms with Gasteiger partial charge in [0.15, 0.2) is 6.29 Å². The van der Waals surface area contributed by atoms with Gasteiger partial charge in [-0.3, -0.25) is 0 Å². The molecule has 7 nitrogen and oxygen atoms in total. The van der Waals surface area contributed by atoms with Crippen LogP contribution >= 0.6 is 0 Å². The molecule has 6 N–H and O–H groups in total. The van der Waals surface area contributed by atoms with Gasteiger partial charge in [-0.1, -0.05) is 0 Å². The largest absolute Gasteiger partial charge is 0.394 e. The molecular weight excluding hydrogens is 196 g/mol. The summed E-state index contributed by atoms with van der Waals surface area (Å²) in [5.41, 5.74) is 0. The molecule has 14 heavy (non-hydrogen) atoms. The maximum atomic E-state index is 9.31. The second-order valence-corrected chi connectivity index (χ2v) is 3.21. The van der Waals surface area contributed by atoms with E-state index in [-0.39, 0.29) is 0 Å². The molecule has 7 heteroatoms. The van der Waals surface area contributed by atoms with Crippen molar-refractivity contribution in [3.05, 3.63) is 0 Å². The molecular formula is C7H14O7. The quantitative estimate of drug-likeness (QED) is 0.275. The number of aliphatic hydroxyl groups excluding tert-OH is 6. The minimum absolute atomic E-state index is 0.683. The zero-order valence-corrected chi connectivity index (χ0v) is 7.26. The molecule has 1 aliphatic rings. The Hall–Kier alpha value is -0.280. The van der Waals surface area contributed by atoms with Gasteiger partial charge in [-0.05, 0) is 0 Å². The monoisotopic (exact) mass is 210 g/mol. The molecule has 0 aliphatic carbocycles. The molecule has 1 fully saturated rings. The average molecular weight is 210 g/mol. The van der Waals surface area contributed by atoms with Crippen LogP contribution in [0.15, 0.2) is 0 Å². The molecule has 0 aromatic carbocycles. The van der Waals surface area contributed by atoms with Crippen molar-refractivity contribution in [2.75, 3.05) is 6.61 Å². The van der Waals surface area contributed by atoms with Gasteiger partial charge in [0.2, 0.25) is 0 Å². The summed E-state index contributed by atoms with van der Waals surface area (Å²) in [5, 5.41) is 54.3. The molecule has 1 heterocycles. The third-order valence-electron chi connectivity index (χ3n) is 2.19. The van der Waals surface area contributed by atoms with E-state index in [1.165, 1.54) is 0 Å². The summed E-state index contributed by atoms with van der Waals surface area (Å²) < 4.78 is 4.62. The smallest absolute Gasteiger partial charge is 0.184 e. The van der Waals surface area contributed by atoms with Crippen LogP contribution in [-0.4, -0.2) is 74.1 Å². The summed E-state index contributed by atoms with van der Waals surface area (Å²) in [6.07, 6.45) is -9.26. The Morgan fingerprint density at radius 2 is 1.57 bits per heavy atom. The van der Waals surface area contributed by atoms with Gasteiger partial charge >= 0.3 is 0 Å². The van der Waals surface area contributed by atoms with Gasteiger partial charge < -0.3 is 35.4 Å². The molecule has 0 aromatic rings. The van der Waals surface area contributed by atoms with Gasteiger partial charge in [0, 0.05) is 0 Å². The Kier molecular flexibility index (Phi) is 3.78. The van der Waals surface area contributed by atoms with Crippen LogP contribution in [0.25, 0.3) is 0 Å². The third kappa shape index (κ3) is 2.04. The zero-order chi connectivity index (χ0) is 10.9. The molecule has 0 spiro atoms. The van der Waals surface area contributed by atoms with Crippen LogP contribution in [0, 0.1) is 0 Å². The molecule has 1 saturated heterocycles. The van der Waals surface area contributed by atoms with E-state index in [9.17, 15) is 10.2 Å². The Balaban J connectivity index is 2.70. The number of aliphatic hydroxyl groups is 6. The number of ether oxygens (including phenoxy) is 1. The summed E-state index contributed by atoms with van der Waals surface area (Å²) in [6.45, 7) is -0.683. The normalized spacial score (nSPS) is 46.3. The minimum Gasteiger partial charge on any atom is -0.394 e. The first-order valence-corrected chi connectivity index (χ1v) is 4.15. The highest BCUT2D eigenvalue weighted by molar-refractivity contribution is 4.91. The molecule has 6 atom stereocenters. The van der Waals surface area contributed by atoms with Crippen LogP contribution in [0.5, 0.6) is 0 Å². The molecule has 1 aliphatic heterocycles. The van der Waals surface area contributed by atoms with Crippen LogP contribution in [0.3, 0.4) is 0 Å². The van der Waals surface area contributed by atoms with Crippen molar-refractivity contribution in [1.82, 2.24) is 0 Å². The van der Waals surface area contributed by atoms with Gasteiger partial charge in [-0.15, -0.1) is 0 Å². The maximum absolute atomic E-state index is 9.31. The number of rotatable bonds is 2. The second kappa shape index (κ2) is 4.49. The summed E-state index contributed by atoms with van der Waals surface area (Å²) in [4.78, 5) is 0. The van der Waals surface area contributed by atoms with E-state index in [4.69, 9.17) is 20.4 Å². The van der Waals surface area contributed by atoms with Crippen molar-refractivity contribution in [3.63, 3.8) is 0 Å². The Labute approximate surface area is 79.8 Å². The summed E-state index contributed by atoms with van der Waals surface area (Å²) >= 11 is 0. The topological polar surface area (TPSA) is 131 Å². The van der Waals surface area contributed by atoms with Gasteiger partial charge in [0.05, 0.1) is 6.61 Å². The van der Waals surface area contributed by atoms with E-state index < -0.39 is 43.4 Å². The highest BCUT2D eigenvalue weighted by Gasteiger charge is 2.45. The van der Waals surface area contributed by atoms with Crippen LogP contribution < -0.4 is 0 Å². The van der Waals surface area contributed by atoms with Crippen LogP contribution in [-0.2, 0) is 4.74 Å². The lowest BCUT2D eigenvalue weighted by Crippen LogP contribution is -2.61. The lowest BCUT2D eigenvalue weighted by molar-refractivity contribution is -0.298. The molecule has 0 amide bonds. The lowest BCUT2D eigenvalue weighted by Gasteiger charge is -2.39. The van der Waals surface area contributed by atoms with Gasteiger partial charge in [-0.2, -0.15) is 0 Å². The predicted molar refractivity (Wildman–Crippen MR) is 42.0 cm³/mol. The highest BCUT2D eigenvalue weighted by atomic mass is 16.6. The van der Waals surface area contributed by atoms with Crippen LogP contribution in [0.4, 0.5) is 0 Å². The number of hydrogen-bond acceptors (Lipinski definition) is 7. The van der Waals surface area contributed by atoms with E-state index >= 15 is 0 Å². The van der Waals surface area contributed by atoms with Crippen LogP contribution in [0.2, 0.25) is 0 Å². The lowest BCUT2D eigenvalue weighted by atomic mass is 9.96. The molecule has 0 bridgehead atoms. The van der Waals surface area contributed by atoms with Crippen molar-refractivity contribution >= 4 is 0 Å². The molecule has 3 unspecified atom stereocenters. The SMILES string of the molecule is OC[C@H](O)C1OC(O)C(O)[C@@H](O)[C@@H]1O. The second-order valence-electron chi connectivity index (χ2n) is 3.21. The summed E-state index contributed by atoms with van der Waals surface area (Å²) in [5.74, 6) is 0. The maximum Gasteiger partial charge on any atom is 0.184 e. The Morgan fingerprint density at radius 3 is 2.07 bits per heavy atom. The van der Waals surface area contributed by atoms with E-state index in [1.807, 2.05) is 0 Å². The standard InChI is InChI=1S/C7H14O7/c8-1-2(9)6-4(11)3(10)5(12)7(13)14-6/h2-13H,1H2/t2-,3-,4-,5?,6?,7?/m0/s1. The summed E-state index contributed by atoms with van der Waals surface area (Å²) in [6, 6.07) is 0. The molecule has 1 rings (SSSR count). The van der Waals surface area contributed by atoms with E-state index in [0.717, 1.165) is 0 Å². The number of hydrogen-bond donors (Lipinski definition) is 6. The fourth-order valence-electron chi connectivity index (χ4n) is 1.31. The minimum atomic E-state index is -1.69.